The Bertz CT molecular complexity index is 287. The van der Waals surface area contributed by atoms with E-state index in [9.17, 15) is 0 Å². The SMILES string of the molecule is CCCOCC(CCc1cnn(C)c1)NN. The van der Waals surface area contributed by atoms with Crippen LogP contribution in [0.4, 0.5) is 0 Å². The number of nitrogens with two attached hydrogens (primary N) is 1. The van der Waals surface area contributed by atoms with Crippen molar-refractivity contribution in [3.05, 3.63) is 18.0 Å². The highest BCUT2D eigenvalue weighted by atomic mass is 16.5. The molecule has 92 valence electrons. The standard InChI is InChI=1S/C11H22N4O/c1-3-6-16-9-11(14-12)5-4-10-7-13-15(2)8-10/h7-8,11,14H,3-6,9,12H2,1-2H3. The zero-order valence-corrected chi connectivity index (χ0v) is 10.1. The van der Waals surface area contributed by atoms with Crippen LogP contribution < -0.4 is 11.3 Å². The highest BCUT2D eigenvalue weighted by Crippen LogP contribution is 2.04. The van der Waals surface area contributed by atoms with Crippen molar-refractivity contribution in [1.29, 1.82) is 0 Å². The van der Waals surface area contributed by atoms with Gasteiger partial charge >= 0.3 is 0 Å². The highest BCUT2D eigenvalue weighted by molar-refractivity contribution is 5.03. The summed E-state index contributed by atoms with van der Waals surface area (Å²) in [5, 5.41) is 4.13. The van der Waals surface area contributed by atoms with Crippen LogP contribution in [0.2, 0.25) is 0 Å². The van der Waals surface area contributed by atoms with Crippen LogP contribution in [0.5, 0.6) is 0 Å². The fourth-order valence-electron chi connectivity index (χ4n) is 1.53. The molecule has 0 fully saturated rings. The summed E-state index contributed by atoms with van der Waals surface area (Å²) in [6.45, 7) is 3.57. The first-order valence-corrected chi connectivity index (χ1v) is 5.77. The minimum Gasteiger partial charge on any atom is -0.380 e. The number of aryl methyl sites for hydroxylation is 2. The van der Waals surface area contributed by atoms with Gasteiger partial charge in [0.25, 0.3) is 0 Å². The number of rotatable bonds is 8. The molecule has 0 amide bonds. The van der Waals surface area contributed by atoms with E-state index in [-0.39, 0.29) is 6.04 Å². The number of hydrazine groups is 1. The maximum Gasteiger partial charge on any atom is 0.0633 e. The Morgan fingerprint density at radius 2 is 2.44 bits per heavy atom. The van der Waals surface area contributed by atoms with Crippen molar-refractivity contribution in [2.24, 2.45) is 12.9 Å². The lowest BCUT2D eigenvalue weighted by Crippen LogP contribution is -2.39. The van der Waals surface area contributed by atoms with Crippen LogP contribution in [0, 0.1) is 0 Å². The van der Waals surface area contributed by atoms with Gasteiger partial charge in [0.1, 0.15) is 0 Å². The maximum absolute atomic E-state index is 5.47. The number of aromatic nitrogens is 2. The summed E-state index contributed by atoms with van der Waals surface area (Å²) in [6.07, 6.45) is 6.89. The third kappa shape index (κ3) is 4.74. The van der Waals surface area contributed by atoms with Crippen molar-refractivity contribution < 1.29 is 4.74 Å². The molecule has 5 nitrogen and oxygen atoms in total. The van der Waals surface area contributed by atoms with Crippen molar-refractivity contribution >= 4 is 0 Å². The second kappa shape index (κ2) is 7.38. The van der Waals surface area contributed by atoms with E-state index < -0.39 is 0 Å². The van der Waals surface area contributed by atoms with Gasteiger partial charge in [-0.2, -0.15) is 5.10 Å². The first-order chi connectivity index (χ1) is 7.76. The van der Waals surface area contributed by atoms with E-state index >= 15 is 0 Å². The summed E-state index contributed by atoms with van der Waals surface area (Å²) in [7, 11) is 1.92. The van der Waals surface area contributed by atoms with Crippen LogP contribution in [0.15, 0.2) is 12.4 Å². The number of nitrogens with zero attached hydrogens (tertiary/aromatic N) is 2. The lowest BCUT2D eigenvalue weighted by molar-refractivity contribution is 0.109. The number of hydrogen-bond acceptors (Lipinski definition) is 4. The average molecular weight is 226 g/mol. The van der Waals surface area contributed by atoms with E-state index in [1.54, 1.807) is 0 Å². The van der Waals surface area contributed by atoms with Gasteiger partial charge in [-0.15, -0.1) is 0 Å². The molecule has 0 radical (unpaired) electrons. The zero-order chi connectivity index (χ0) is 11.8. The predicted octanol–water partition coefficient (Wildman–Crippen LogP) is 0.611. The molecule has 1 atom stereocenters. The van der Waals surface area contributed by atoms with Gasteiger partial charge in [0.2, 0.25) is 0 Å². The van der Waals surface area contributed by atoms with Gasteiger partial charge in [-0.05, 0) is 24.8 Å². The van der Waals surface area contributed by atoms with E-state index in [0.29, 0.717) is 6.61 Å². The van der Waals surface area contributed by atoms with Crippen molar-refractivity contribution in [2.45, 2.75) is 32.2 Å². The van der Waals surface area contributed by atoms with Gasteiger partial charge < -0.3 is 4.74 Å². The largest absolute Gasteiger partial charge is 0.380 e. The van der Waals surface area contributed by atoms with Crippen molar-refractivity contribution in [2.75, 3.05) is 13.2 Å². The van der Waals surface area contributed by atoms with Crippen LogP contribution in [0.3, 0.4) is 0 Å². The van der Waals surface area contributed by atoms with Crippen LogP contribution >= 0.6 is 0 Å². The van der Waals surface area contributed by atoms with Gasteiger partial charge in [-0.3, -0.25) is 16.0 Å². The minimum atomic E-state index is 0.215. The molecule has 1 aromatic heterocycles. The first-order valence-electron chi connectivity index (χ1n) is 5.77. The molecule has 0 saturated carbocycles. The first kappa shape index (κ1) is 13.2. The van der Waals surface area contributed by atoms with Gasteiger partial charge in [0.05, 0.1) is 12.8 Å². The second-order valence-electron chi connectivity index (χ2n) is 4.00. The Morgan fingerprint density at radius 1 is 1.62 bits per heavy atom. The fourth-order valence-corrected chi connectivity index (χ4v) is 1.53. The molecule has 1 aromatic rings. The topological polar surface area (TPSA) is 65.1 Å². The molecule has 0 aliphatic heterocycles. The third-order valence-electron chi connectivity index (χ3n) is 2.44. The lowest BCUT2D eigenvalue weighted by Gasteiger charge is -2.15. The average Bonchev–Trinajstić information content (AvgIpc) is 2.69. The third-order valence-corrected chi connectivity index (χ3v) is 2.44. The summed E-state index contributed by atoms with van der Waals surface area (Å²) < 4.78 is 7.28. The molecule has 1 rings (SSSR count). The number of hydrogen-bond donors (Lipinski definition) is 2. The molecular weight excluding hydrogens is 204 g/mol. The van der Waals surface area contributed by atoms with Crippen LogP contribution in [-0.2, 0) is 18.2 Å². The smallest absolute Gasteiger partial charge is 0.0633 e. The van der Waals surface area contributed by atoms with Crippen LogP contribution in [-0.4, -0.2) is 29.0 Å². The van der Waals surface area contributed by atoms with Crippen LogP contribution in [0.25, 0.3) is 0 Å². The van der Waals surface area contributed by atoms with E-state index in [1.165, 1.54) is 5.56 Å². The van der Waals surface area contributed by atoms with E-state index in [2.05, 4.69) is 17.4 Å². The summed E-state index contributed by atoms with van der Waals surface area (Å²) in [5.41, 5.74) is 4.02. The molecule has 0 bridgehead atoms. The van der Waals surface area contributed by atoms with Gasteiger partial charge in [0, 0.05) is 25.9 Å². The zero-order valence-electron chi connectivity index (χ0n) is 10.1. The fraction of sp³-hybridized carbons (Fsp3) is 0.727. The van der Waals surface area contributed by atoms with Gasteiger partial charge in [-0.25, -0.2) is 0 Å². The van der Waals surface area contributed by atoms with Crippen molar-refractivity contribution in [3.63, 3.8) is 0 Å². The molecule has 0 saturated heterocycles. The molecule has 16 heavy (non-hydrogen) atoms. The lowest BCUT2D eigenvalue weighted by atomic mass is 10.1. The summed E-state index contributed by atoms with van der Waals surface area (Å²) in [6, 6.07) is 0.215. The van der Waals surface area contributed by atoms with Crippen molar-refractivity contribution in [1.82, 2.24) is 15.2 Å². The van der Waals surface area contributed by atoms with E-state index in [0.717, 1.165) is 25.9 Å². The minimum absolute atomic E-state index is 0.215. The summed E-state index contributed by atoms with van der Waals surface area (Å²) in [4.78, 5) is 0. The molecule has 0 aromatic carbocycles. The molecule has 0 aliphatic rings. The van der Waals surface area contributed by atoms with Crippen LogP contribution in [0.1, 0.15) is 25.3 Å². The van der Waals surface area contributed by atoms with E-state index in [1.807, 2.05) is 24.1 Å². The Balaban J connectivity index is 2.22. The maximum atomic E-state index is 5.47. The second-order valence-corrected chi connectivity index (χ2v) is 4.00. The summed E-state index contributed by atoms with van der Waals surface area (Å²) in [5.74, 6) is 5.47. The quantitative estimate of drug-likeness (QED) is 0.387. The molecule has 1 unspecified atom stereocenters. The monoisotopic (exact) mass is 226 g/mol. The predicted molar refractivity (Wildman–Crippen MR) is 63.8 cm³/mol. The Labute approximate surface area is 96.9 Å². The van der Waals surface area contributed by atoms with E-state index in [4.69, 9.17) is 10.6 Å². The normalized spacial score (nSPS) is 12.9. The Kier molecular flexibility index (Phi) is 6.07. The highest BCUT2D eigenvalue weighted by Gasteiger charge is 2.07. The molecule has 0 spiro atoms. The van der Waals surface area contributed by atoms with Gasteiger partial charge in [-0.1, -0.05) is 6.92 Å². The van der Waals surface area contributed by atoms with Gasteiger partial charge in [0.15, 0.2) is 0 Å². The summed E-state index contributed by atoms with van der Waals surface area (Å²) >= 11 is 0. The molecule has 0 aliphatic carbocycles. The number of ether oxygens (including phenoxy) is 1. The number of nitrogens with one attached hydrogen (secondary N) is 1. The molecule has 1 heterocycles. The molecular formula is C11H22N4O. The Morgan fingerprint density at radius 3 is 3.00 bits per heavy atom. The van der Waals surface area contributed by atoms with Crippen molar-refractivity contribution in [3.8, 4) is 0 Å². The molecule has 5 heteroatoms. The Hall–Kier alpha value is -0.910. The molecule has 3 N–H and O–H groups in total.